The topological polar surface area (TPSA) is 90.3 Å². The van der Waals surface area contributed by atoms with Gasteiger partial charge in [0.25, 0.3) is 5.56 Å². The van der Waals surface area contributed by atoms with Crippen LogP contribution in [0.5, 0.6) is 0 Å². The Hall–Kier alpha value is -3.00. The first-order valence-electron chi connectivity index (χ1n) is 8.08. The number of nitrogens with zero attached hydrogens (tertiary/aromatic N) is 2. The lowest BCUT2D eigenvalue weighted by atomic mass is 10.2. The van der Waals surface area contributed by atoms with Crippen molar-refractivity contribution in [3.63, 3.8) is 0 Å². The van der Waals surface area contributed by atoms with Gasteiger partial charge in [-0.2, -0.15) is 0 Å². The Balaban J connectivity index is 1.59. The number of hydrogen-bond donors (Lipinski definition) is 1. The molecule has 3 aromatic rings. The van der Waals surface area contributed by atoms with Crippen molar-refractivity contribution in [2.75, 3.05) is 11.9 Å². The second-order valence-corrected chi connectivity index (χ2v) is 6.37. The third kappa shape index (κ3) is 3.97. The number of anilines is 1. The predicted molar refractivity (Wildman–Crippen MR) is 99.5 cm³/mol. The normalized spacial score (nSPS) is 10.7. The van der Waals surface area contributed by atoms with Crippen LogP contribution in [0.4, 0.5) is 5.69 Å². The Bertz CT molecular complexity index is 992. The average molecular weight is 371 g/mol. The van der Waals surface area contributed by atoms with Gasteiger partial charge in [0.15, 0.2) is 0 Å². The number of carbonyl (C=O) groups is 2. The summed E-state index contributed by atoms with van der Waals surface area (Å²) >= 11 is 1.41. The lowest BCUT2D eigenvalue weighted by molar-refractivity contribution is -0.116. The van der Waals surface area contributed by atoms with Crippen LogP contribution in [0.3, 0.4) is 0 Å². The molecule has 0 spiro atoms. The average Bonchev–Trinajstić information content (AvgIpc) is 3.11. The van der Waals surface area contributed by atoms with Gasteiger partial charge in [-0.1, -0.05) is 0 Å². The van der Waals surface area contributed by atoms with E-state index in [9.17, 15) is 14.4 Å². The van der Waals surface area contributed by atoms with E-state index >= 15 is 0 Å². The van der Waals surface area contributed by atoms with Crippen molar-refractivity contribution in [2.24, 2.45) is 0 Å². The van der Waals surface area contributed by atoms with Gasteiger partial charge in [-0.25, -0.2) is 9.78 Å². The summed E-state index contributed by atoms with van der Waals surface area (Å²) in [4.78, 5) is 40.9. The van der Waals surface area contributed by atoms with Crippen LogP contribution >= 0.6 is 11.3 Å². The Morgan fingerprint density at radius 3 is 2.73 bits per heavy atom. The van der Waals surface area contributed by atoms with Gasteiger partial charge in [-0.3, -0.25) is 14.2 Å². The fourth-order valence-corrected chi connectivity index (χ4v) is 3.13. The van der Waals surface area contributed by atoms with Crippen molar-refractivity contribution in [3.8, 4) is 0 Å². The number of fused-ring (bicyclic) bond motifs is 1. The maximum Gasteiger partial charge on any atom is 0.338 e. The highest BCUT2D eigenvalue weighted by molar-refractivity contribution is 7.16. The predicted octanol–water partition coefficient (Wildman–Crippen LogP) is 2.66. The molecule has 0 saturated heterocycles. The Kier molecular flexibility index (Phi) is 5.43. The van der Waals surface area contributed by atoms with Crippen LogP contribution in [0, 0.1) is 0 Å². The molecule has 2 heterocycles. The molecule has 0 unspecified atom stereocenters. The van der Waals surface area contributed by atoms with E-state index in [4.69, 9.17) is 4.74 Å². The van der Waals surface area contributed by atoms with Crippen LogP contribution in [0.15, 0.2) is 46.8 Å². The summed E-state index contributed by atoms with van der Waals surface area (Å²) in [6.45, 7) is 2.29. The minimum absolute atomic E-state index is 0.136. The first-order valence-corrected chi connectivity index (χ1v) is 8.96. The molecule has 0 saturated carbocycles. The molecule has 134 valence electrons. The summed E-state index contributed by atoms with van der Waals surface area (Å²) in [6.07, 6.45) is 1.60. The van der Waals surface area contributed by atoms with Crippen LogP contribution in [0.2, 0.25) is 0 Å². The number of aromatic nitrogens is 2. The standard InChI is InChI=1S/C18H17N3O4S/c1-2-25-18(24)12-3-5-13(6-4-12)20-15(22)7-9-21-11-19-16-14(17(21)23)8-10-26-16/h3-6,8,10-11H,2,7,9H2,1H3,(H,20,22). The van der Waals surface area contributed by atoms with Gasteiger partial charge in [0.1, 0.15) is 4.83 Å². The molecule has 1 N–H and O–H groups in total. The van der Waals surface area contributed by atoms with E-state index in [1.165, 1.54) is 22.2 Å². The zero-order chi connectivity index (χ0) is 18.5. The Labute approximate surface area is 153 Å². The minimum atomic E-state index is -0.402. The van der Waals surface area contributed by atoms with Gasteiger partial charge in [0.05, 0.1) is 23.9 Å². The summed E-state index contributed by atoms with van der Waals surface area (Å²) in [7, 11) is 0. The molecule has 0 radical (unpaired) electrons. The molecule has 2 aromatic heterocycles. The monoisotopic (exact) mass is 371 g/mol. The lowest BCUT2D eigenvalue weighted by Gasteiger charge is -2.08. The molecule has 7 nitrogen and oxygen atoms in total. The van der Waals surface area contributed by atoms with Crippen molar-refractivity contribution in [1.82, 2.24) is 9.55 Å². The number of carbonyl (C=O) groups excluding carboxylic acids is 2. The van der Waals surface area contributed by atoms with E-state index in [1.54, 1.807) is 37.3 Å². The molecule has 0 aliphatic rings. The SMILES string of the molecule is CCOC(=O)c1ccc(NC(=O)CCn2cnc3sccc3c2=O)cc1. The number of benzene rings is 1. The first-order chi connectivity index (χ1) is 12.6. The van der Waals surface area contributed by atoms with Crippen LogP contribution < -0.4 is 10.9 Å². The second kappa shape index (κ2) is 7.92. The molecule has 0 aliphatic carbocycles. The number of nitrogens with one attached hydrogen (secondary N) is 1. The number of amides is 1. The van der Waals surface area contributed by atoms with E-state index in [2.05, 4.69) is 10.3 Å². The van der Waals surface area contributed by atoms with Crippen molar-refractivity contribution >= 4 is 39.1 Å². The van der Waals surface area contributed by atoms with E-state index in [0.717, 1.165) is 0 Å². The van der Waals surface area contributed by atoms with E-state index in [0.29, 0.717) is 28.1 Å². The molecule has 1 aromatic carbocycles. The quantitative estimate of drug-likeness (QED) is 0.673. The minimum Gasteiger partial charge on any atom is -0.462 e. The summed E-state index contributed by atoms with van der Waals surface area (Å²) in [5.41, 5.74) is 0.844. The van der Waals surface area contributed by atoms with Crippen molar-refractivity contribution < 1.29 is 14.3 Å². The van der Waals surface area contributed by atoms with Crippen LogP contribution in [-0.2, 0) is 16.1 Å². The van der Waals surface area contributed by atoms with E-state index < -0.39 is 5.97 Å². The highest BCUT2D eigenvalue weighted by Crippen LogP contribution is 2.14. The lowest BCUT2D eigenvalue weighted by Crippen LogP contribution is -2.23. The molecule has 0 atom stereocenters. The molecule has 0 aliphatic heterocycles. The number of esters is 1. The number of rotatable bonds is 6. The van der Waals surface area contributed by atoms with Gasteiger partial charge in [-0.15, -0.1) is 11.3 Å². The summed E-state index contributed by atoms with van der Waals surface area (Å²) in [5, 5.41) is 5.12. The molecule has 1 amide bonds. The number of aryl methyl sites for hydroxylation is 1. The number of ether oxygens (including phenoxy) is 1. The molecule has 8 heteroatoms. The molecular weight excluding hydrogens is 354 g/mol. The summed E-state index contributed by atoms with van der Waals surface area (Å²) in [6, 6.07) is 8.18. The van der Waals surface area contributed by atoms with Crippen LogP contribution in [-0.4, -0.2) is 28.0 Å². The van der Waals surface area contributed by atoms with Gasteiger partial charge in [0.2, 0.25) is 5.91 Å². The van der Waals surface area contributed by atoms with Gasteiger partial charge in [0, 0.05) is 18.7 Å². The Morgan fingerprint density at radius 2 is 2.00 bits per heavy atom. The number of thiophene rings is 1. The first kappa shape index (κ1) is 17.8. The van der Waals surface area contributed by atoms with Crippen LogP contribution in [0.25, 0.3) is 10.2 Å². The van der Waals surface area contributed by atoms with Crippen molar-refractivity contribution in [1.29, 1.82) is 0 Å². The van der Waals surface area contributed by atoms with E-state index in [1.807, 2.05) is 5.38 Å². The van der Waals surface area contributed by atoms with E-state index in [-0.39, 0.29) is 24.4 Å². The molecule has 0 fully saturated rings. The van der Waals surface area contributed by atoms with Gasteiger partial charge < -0.3 is 10.1 Å². The molecule has 3 rings (SSSR count). The van der Waals surface area contributed by atoms with Gasteiger partial charge >= 0.3 is 5.97 Å². The van der Waals surface area contributed by atoms with Gasteiger partial charge in [-0.05, 0) is 42.6 Å². The molecular formula is C18H17N3O4S. The zero-order valence-corrected chi connectivity index (χ0v) is 14.9. The fourth-order valence-electron chi connectivity index (χ4n) is 2.40. The number of hydrogen-bond acceptors (Lipinski definition) is 6. The summed E-state index contributed by atoms with van der Waals surface area (Å²) in [5.74, 6) is -0.632. The third-order valence-corrected chi connectivity index (χ3v) is 4.53. The molecule has 26 heavy (non-hydrogen) atoms. The maximum absolute atomic E-state index is 12.3. The zero-order valence-electron chi connectivity index (χ0n) is 14.1. The smallest absolute Gasteiger partial charge is 0.338 e. The molecule has 0 bridgehead atoms. The van der Waals surface area contributed by atoms with Crippen molar-refractivity contribution in [2.45, 2.75) is 19.9 Å². The fraction of sp³-hybridized carbons (Fsp3) is 0.222. The highest BCUT2D eigenvalue weighted by Gasteiger charge is 2.09. The largest absolute Gasteiger partial charge is 0.462 e. The third-order valence-electron chi connectivity index (χ3n) is 3.71. The maximum atomic E-state index is 12.3. The highest BCUT2D eigenvalue weighted by atomic mass is 32.1. The van der Waals surface area contributed by atoms with Crippen molar-refractivity contribution in [3.05, 3.63) is 58.0 Å². The Morgan fingerprint density at radius 1 is 1.23 bits per heavy atom. The second-order valence-electron chi connectivity index (χ2n) is 5.48. The van der Waals surface area contributed by atoms with Crippen LogP contribution in [0.1, 0.15) is 23.7 Å². The summed E-state index contributed by atoms with van der Waals surface area (Å²) < 4.78 is 6.34.